The molecule has 0 atom stereocenters. The molecule has 0 spiro atoms. The molecule has 6 heteroatoms. The summed E-state index contributed by atoms with van der Waals surface area (Å²) in [6.07, 6.45) is 1.01. The summed E-state index contributed by atoms with van der Waals surface area (Å²) >= 11 is 5.75. The fraction of sp³-hybridized carbons (Fsp3) is 0.429. The third kappa shape index (κ3) is 7.11. The second kappa shape index (κ2) is 9.34. The van der Waals surface area contributed by atoms with Gasteiger partial charge in [0.25, 0.3) is 0 Å². The zero-order chi connectivity index (χ0) is 14.8. The highest BCUT2D eigenvalue weighted by Gasteiger charge is 2.03. The minimum Gasteiger partial charge on any atom is -0.466 e. The Morgan fingerprint density at radius 2 is 1.95 bits per heavy atom. The minimum atomic E-state index is -0.208. The number of carbonyl (C=O) groups is 2. The Morgan fingerprint density at radius 3 is 2.60 bits per heavy atom. The molecule has 0 heterocycles. The molecule has 1 aromatic carbocycles. The monoisotopic (exact) mass is 298 g/mol. The lowest BCUT2D eigenvalue weighted by Crippen LogP contribution is -2.29. The second-order valence-corrected chi connectivity index (χ2v) is 4.58. The molecule has 0 fully saturated rings. The van der Waals surface area contributed by atoms with E-state index in [0.717, 1.165) is 0 Å². The molecule has 110 valence electrons. The van der Waals surface area contributed by atoms with Crippen molar-refractivity contribution in [1.82, 2.24) is 5.32 Å². The van der Waals surface area contributed by atoms with Crippen molar-refractivity contribution >= 4 is 29.2 Å². The zero-order valence-electron chi connectivity index (χ0n) is 11.4. The summed E-state index contributed by atoms with van der Waals surface area (Å²) < 4.78 is 4.80. The number of hydrogen-bond donors (Lipinski definition) is 2. The van der Waals surface area contributed by atoms with Crippen molar-refractivity contribution in [2.45, 2.75) is 19.8 Å². The minimum absolute atomic E-state index is 0.136. The summed E-state index contributed by atoms with van der Waals surface area (Å²) in [7, 11) is 0. The van der Waals surface area contributed by atoms with Gasteiger partial charge < -0.3 is 15.4 Å². The molecule has 0 aliphatic carbocycles. The molecule has 0 radical (unpaired) electrons. The number of halogens is 1. The SMILES string of the molecule is CCOC(=O)CCCNCC(=O)Nc1ccc(Cl)cc1. The lowest BCUT2D eigenvalue weighted by molar-refractivity contribution is -0.143. The van der Waals surface area contributed by atoms with E-state index in [0.29, 0.717) is 36.7 Å². The average molecular weight is 299 g/mol. The van der Waals surface area contributed by atoms with Gasteiger partial charge in [0, 0.05) is 17.1 Å². The van der Waals surface area contributed by atoms with Crippen molar-refractivity contribution < 1.29 is 14.3 Å². The average Bonchev–Trinajstić information content (AvgIpc) is 2.41. The van der Waals surface area contributed by atoms with Crippen molar-refractivity contribution in [2.75, 3.05) is 25.0 Å². The Hall–Kier alpha value is -1.59. The van der Waals surface area contributed by atoms with E-state index >= 15 is 0 Å². The van der Waals surface area contributed by atoms with E-state index in [4.69, 9.17) is 16.3 Å². The van der Waals surface area contributed by atoms with Gasteiger partial charge >= 0.3 is 5.97 Å². The van der Waals surface area contributed by atoms with Crippen molar-refractivity contribution in [3.8, 4) is 0 Å². The van der Waals surface area contributed by atoms with E-state index in [9.17, 15) is 9.59 Å². The molecule has 0 aliphatic rings. The standard InChI is InChI=1S/C14H19ClN2O3/c1-2-20-14(19)4-3-9-16-10-13(18)17-12-7-5-11(15)6-8-12/h5-8,16H,2-4,9-10H2,1H3,(H,17,18). The molecule has 5 nitrogen and oxygen atoms in total. The number of benzene rings is 1. The number of carbonyl (C=O) groups excluding carboxylic acids is 2. The van der Waals surface area contributed by atoms with Gasteiger partial charge in [0.15, 0.2) is 0 Å². The van der Waals surface area contributed by atoms with Crippen LogP contribution in [0.2, 0.25) is 5.02 Å². The summed E-state index contributed by atoms with van der Waals surface area (Å²) in [4.78, 5) is 22.7. The van der Waals surface area contributed by atoms with Crippen LogP contribution in [0.25, 0.3) is 0 Å². The molecule has 0 saturated carbocycles. The first-order chi connectivity index (χ1) is 9.61. The fourth-order valence-corrected chi connectivity index (χ4v) is 1.66. The Labute approximate surface area is 123 Å². The van der Waals surface area contributed by atoms with Gasteiger partial charge in [-0.1, -0.05) is 11.6 Å². The highest BCUT2D eigenvalue weighted by Crippen LogP contribution is 2.12. The van der Waals surface area contributed by atoms with Gasteiger partial charge in [-0.3, -0.25) is 9.59 Å². The van der Waals surface area contributed by atoms with Crippen LogP contribution in [0.4, 0.5) is 5.69 Å². The quantitative estimate of drug-likeness (QED) is 0.570. The van der Waals surface area contributed by atoms with E-state index in [1.807, 2.05) is 0 Å². The van der Waals surface area contributed by atoms with E-state index in [1.54, 1.807) is 31.2 Å². The molecule has 0 saturated heterocycles. The number of ether oxygens (including phenoxy) is 1. The predicted octanol–water partition coefficient (Wildman–Crippen LogP) is 2.21. The maximum atomic E-state index is 11.6. The Kier molecular flexibility index (Phi) is 7.69. The lowest BCUT2D eigenvalue weighted by atomic mass is 10.3. The maximum absolute atomic E-state index is 11.6. The number of rotatable bonds is 8. The molecule has 1 amide bonds. The van der Waals surface area contributed by atoms with Crippen LogP contribution in [0.1, 0.15) is 19.8 Å². The van der Waals surface area contributed by atoms with Crippen LogP contribution >= 0.6 is 11.6 Å². The Bertz CT molecular complexity index is 435. The van der Waals surface area contributed by atoms with E-state index in [1.165, 1.54) is 0 Å². The van der Waals surface area contributed by atoms with E-state index in [-0.39, 0.29) is 18.4 Å². The van der Waals surface area contributed by atoms with Gasteiger partial charge in [0.1, 0.15) is 0 Å². The summed E-state index contributed by atoms with van der Waals surface area (Å²) in [5, 5.41) is 6.33. The van der Waals surface area contributed by atoms with Crippen LogP contribution in [0.5, 0.6) is 0 Å². The number of nitrogens with one attached hydrogen (secondary N) is 2. The first-order valence-corrected chi connectivity index (χ1v) is 6.91. The van der Waals surface area contributed by atoms with Gasteiger partial charge in [-0.05, 0) is 44.2 Å². The van der Waals surface area contributed by atoms with Crippen LogP contribution in [0, 0.1) is 0 Å². The van der Waals surface area contributed by atoms with Gasteiger partial charge in [-0.25, -0.2) is 0 Å². The van der Waals surface area contributed by atoms with Gasteiger partial charge in [-0.2, -0.15) is 0 Å². The highest BCUT2D eigenvalue weighted by atomic mass is 35.5. The van der Waals surface area contributed by atoms with Crippen LogP contribution < -0.4 is 10.6 Å². The predicted molar refractivity (Wildman–Crippen MR) is 78.8 cm³/mol. The van der Waals surface area contributed by atoms with Crippen LogP contribution in [0.15, 0.2) is 24.3 Å². The number of amides is 1. The van der Waals surface area contributed by atoms with Crippen molar-refractivity contribution in [3.63, 3.8) is 0 Å². The van der Waals surface area contributed by atoms with Crippen molar-refractivity contribution in [1.29, 1.82) is 0 Å². The molecule has 0 bridgehead atoms. The van der Waals surface area contributed by atoms with E-state index in [2.05, 4.69) is 10.6 Å². The van der Waals surface area contributed by atoms with Gasteiger partial charge in [0.05, 0.1) is 13.2 Å². The van der Waals surface area contributed by atoms with E-state index < -0.39 is 0 Å². The topological polar surface area (TPSA) is 67.4 Å². The summed E-state index contributed by atoms with van der Waals surface area (Å²) in [5.41, 5.74) is 0.702. The molecule has 20 heavy (non-hydrogen) atoms. The first-order valence-electron chi connectivity index (χ1n) is 6.53. The van der Waals surface area contributed by atoms with Crippen LogP contribution in [-0.4, -0.2) is 31.6 Å². The molecule has 1 rings (SSSR count). The molecule has 1 aromatic rings. The Morgan fingerprint density at radius 1 is 1.25 bits per heavy atom. The van der Waals surface area contributed by atoms with Crippen LogP contribution in [0.3, 0.4) is 0 Å². The molecular weight excluding hydrogens is 280 g/mol. The second-order valence-electron chi connectivity index (χ2n) is 4.14. The zero-order valence-corrected chi connectivity index (χ0v) is 12.2. The van der Waals surface area contributed by atoms with Crippen molar-refractivity contribution in [2.24, 2.45) is 0 Å². The summed E-state index contributed by atoms with van der Waals surface area (Å²) in [5.74, 6) is -0.344. The molecular formula is C14H19ClN2O3. The maximum Gasteiger partial charge on any atom is 0.305 e. The summed E-state index contributed by atoms with van der Waals surface area (Å²) in [6.45, 7) is 2.96. The lowest BCUT2D eigenvalue weighted by Gasteiger charge is -2.06. The van der Waals surface area contributed by atoms with Gasteiger partial charge in [0.2, 0.25) is 5.91 Å². The third-order valence-electron chi connectivity index (χ3n) is 2.45. The molecule has 0 unspecified atom stereocenters. The molecule has 2 N–H and O–H groups in total. The number of esters is 1. The summed E-state index contributed by atoms with van der Waals surface area (Å²) in [6, 6.07) is 6.90. The number of anilines is 1. The van der Waals surface area contributed by atoms with Crippen LogP contribution in [-0.2, 0) is 14.3 Å². The molecule has 0 aliphatic heterocycles. The van der Waals surface area contributed by atoms with Gasteiger partial charge in [-0.15, -0.1) is 0 Å². The fourth-order valence-electron chi connectivity index (χ4n) is 1.53. The normalized spacial score (nSPS) is 10.1. The van der Waals surface area contributed by atoms with Crippen molar-refractivity contribution in [3.05, 3.63) is 29.3 Å². The molecule has 0 aromatic heterocycles. The third-order valence-corrected chi connectivity index (χ3v) is 2.71. The first kappa shape index (κ1) is 16.5. The number of hydrogen-bond acceptors (Lipinski definition) is 4. The largest absolute Gasteiger partial charge is 0.466 e. The smallest absolute Gasteiger partial charge is 0.305 e. The highest BCUT2D eigenvalue weighted by molar-refractivity contribution is 6.30. The Balaban J connectivity index is 2.11.